The Bertz CT molecular complexity index is 761. The van der Waals surface area contributed by atoms with E-state index in [-0.39, 0.29) is 5.91 Å². The van der Waals surface area contributed by atoms with Crippen molar-refractivity contribution in [2.45, 2.75) is 0 Å². The molecule has 1 aromatic carbocycles. The van der Waals surface area contributed by atoms with Gasteiger partial charge in [0.25, 0.3) is 5.91 Å². The van der Waals surface area contributed by atoms with Crippen molar-refractivity contribution < 1.29 is 13.2 Å². The monoisotopic (exact) mass is 378 g/mol. The summed E-state index contributed by atoms with van der Waals surface area (Å²) in [5.41, 5.74) is 1.60. The number of hydrogen-bond donors (Lipinski definition) is 2. The van der Waals surface area contributed by atoms with Gasteiger partial charge >= 0.3 is 0 Å². The van der Waals surface area contributed by atoms with Gasteiger partial charge in [0, 0.05) is 44.8 Å². The third kappa shape index (κ3) is 5.34. The average Bonchev–Trinajstić information content (AvgIpc) is 2.60. The van der Waals surface area contributed by atoms with Crippen LogP contribution < -0.4 is 14.9 Å². The molecule has 142 valence electrons. The van der Waals surface area contributed by atoms with Gasteiger partial charge in [-0.15, -0.1) is 13.2 Å². The first-order valence-electron chi connectivity index (χ1n) is 8.44. The summed E-state index contributed by atoms with van der Waals surface area (Å²) in [4.78, 5) is 16.4. The van der Waals surface area contributed by atoms with Gasteiger partial charge in [-0.3, -0.25) is 9.52 Å². The van der Waals surface area contributed by atoms with Crippen LogP contribution in [0.4, 0.5) is 11.4 Å². The zero-order valence-electron chi connectivity index (χ0n) is 15.1. The summed E-state index contributed by atoms with van der Waals surface area (Å²) >= 11 is 0. The van der Waals surface area contributed by atoms with Crippen molar-refractivity contribution in [1.29, 1.82) is 0 Å². The Kier molecular flexibility index (Phi) is 6.82. The van der Waals surface area contributed by atoms with E-state index in [1.165, 1.54) is 0 Å². The molecule has 2 N–H and O–H groups in total. The Morgan fingerprint density at radius 3 is 2.42 bits per heavy atom. The normalized spacial score (nSPS) is 14.6. The minimum Gasteiger partial charge on any atom is -0.367 e. The van der Waals surface area contributed by atoms with E-state index in [1.807, 2.05) is 0 Å². The number of carbonyl (C=O) groups is 1. The van der Waals surface area contributed by atoms with Gasteiger partial charge in [-0.1, -0.05) is 12.2 Å². The lowest BCUT2D eigenvalue weighted by atomic mass is 10.1. The molecule has 0 aliphatic carbocycles. The third-order valence-electron chi connectivity index (χ3n) is 3.98. The number of anilines is 2. The van der Waals surface area contributed by atoms with Crippen molar-refractivity contribution in [3.63, 3.8) is 0 Å². The van der Waals surface area contributed by atoms with Crippen LogP contribution >= 0.6 is 0 Å². The summed E-state index contributed by atoms with van der Waals surface area (Å²) in [6.45, 7) is 11.3. The van der Waals surface area contributed by atoms with Crippen LogP contribution in [-0.4, -0.2) is 64.7 Å². The summed E-state index contributed by atoms with van der Waals surface area (Å²) in [6, 6.07) is 5.12. The maximum absolute atomic E-state index is 12.8. The van der Waals surface area contributed by atoms with Crippen LogP contribution in [0.2, 0.25) is 0 Å². The molecule has 1 heterocycles. The Morgan fingerprint density at radius 2 is 1.88 bits per heavy atom. The van der Waals surface area contributed by atoms with E-state index >= 15 is 0 Å². The fraction of sp³-hybridized carbons (Fsp3) is 0.389. The number of carbonyl (C=O) groups excluding carboxylic acids is 1. The van der Waals surface area contributed by atoms with Crippen molar-refractivity contribution in [1.82, 2.24) is 10.2 Å². The highest BCUT2D eigenvalue weighted by Crippen LogP contribution is 2.29. The van der Waals surface area contributed by atoms with Crippen LogP contribution in [0, 0.1) is 0 Å². The zero-order valence-corrected chi connectivity index (χ0v) is 15.9. The molecule has 1 aliphatic rings. The number of rotatable bonds is 8. The Hall–Kier alpha value is -2.32. The first kappa shape index (κ1) is 20.0. The van der Waals surface area contributed by atoms with E-state index in [1.54, 1.807) is 35.3 Å². The van der Waals surface area contributed by atoms with Gasteiger partial charge in [-0.2, -0.15) is 0 Å². The third-order valence-corrected chi connectivity index (χ3v) is 4.57. The lowest BCUT2D eigenvalue weighted by molar-refractivity contribution is 0.0791. The molecule has 26 heavy (non-hydrogen) atoms. The van der Waals surface area contributed by atoms with Crippen LogP contribution in [0.1, 0.15) is 10.4 Å². The minimum atomic E-state index is -3.47. The molecule has 0 aromatic heterocycles. The van der Waals surface area contributed by atoms with Crippen molar-refractivity contribution in [2.24, 2.45) is 0 Å². The molecule has 0 spiro atoms. The molecule has 1 aromatic rings. The molecule has 0 atom stereocenters. The largest absolute Gasteiger partial charge is 0.367 e. The van der Waals surface area contributed by atoms with Crippen LogP contribution in [0.25, 0.3) is 0 Å². The molecule has 0 radical (unpaired) electrons. The van der Waals surface area contributed by atoms with Crippen molar-refractivity contribution >= 4 is 27.3 Å². The maximum Gasteiger partial charge on any atom is 0.254 e. The number of benzene rings is 1. The quantitative estimate of drug-likeness (QED) is 0.666. The average molecular weight is 378 g/mol. The van der Waals surface area contributed by atoms with Gasteiger partial charge in [0.1, 0.15) is 0 Å². The number of sulfonamides is 1. The molecule has 1 fully saturated rings. The first-order valence-corrected chi connectivity index (χ1v) is 10.3. The molecule has 0 bridgehead atoms. The minimum absolute atomic E-state index is 0.201. The maximum atomic E-state index is 12.8. The van der Waals surface area contributed by atoms with E-state index in [0.29, 0.717) is 24.3 Å². The number of hydrogen-bond acceptors (Lipinski definition) is 5. The summed E-state index contributed by atoms with van der Waals surface area (Å²) < 4.78 is 26.1. The lowest BCUT2D eigenvalue weighted by Crippen LogP contribution is -2.43. The first-order chi connectivity index (χ1) is 12.4. The predicted molar refractivity (Wildman–Crippen MR) is 106 cm³/mol. The zero-order chi connectivity index (χ0) is 19.2. The Balaban J connectivity index is 2.39. The van der Waals surface area contributed by atoms with E-state index in [4.69, 9.17) is 0 Å². The highest BCUT2D eigenvalue weighted by molar-refractivity contribution is 7.92. The summed E-state index contributed by atoms with van der Waals surface area (Å²) in [5.74, 6) is -0.201. The number of piperazine rings is 1. The number of amides is 1. The molecule has 1 amide bonds. The fourth-order valence-electron chi connectivity index (χ4n) is 2.87. The molecule has 1 aliphatic heterocycles. The van der Waals surface area contributed by atoms with E-state index in [9.17, 15) is 13.2 Å². The number of nitrogens with one attached hydrogen (secondary N) is 2. The van der Waals surface area contributed by atoms with Gasteiger partial charge in [0.15, 0.2) is 0 Å². The standard InChI is InChI=1S/C18H26N4O3S/c1-4-10-22(11-5-2)18(23)15-6-7-17(21-12-8-19-9-13-21)16(14-15)20-26(3,24)25/h4-7,14,19-20H,1-2,8-13H2,3H3. The summed E-state index contributed by atoms with van der Waals surface area (Å²) in [7, 11) is -3.47. The van der Waals surface area contributed by atoms with E-state index < -0.39 is 10.0 Å². The molecule has 0 unspecified atom stereocenters. The second-order valence-corrected chi connectivity index (χ2v) is 7.88. The molecule has 2 rings (SSSR count). The fourth-order valence-corrected chi connectivity index (χ4v) is 3.43. The van der Waals surface area contributed by atoms with Crippen LogP contribution in [0.15, 0.2) is 43.5 Å². The van der Waals surface area contributed by atoms with Gasteiger partial charge in [0.05, 0.1) is 17.6 Å². The second-order valence-electron chi connectivity index (χ2n) is 6.13. The topological polar surface area (TPSA) is 81.8 Å². The van der Waals surface area contributed by atoms with Gasteiger partial charge in [-0.25, -0.2) is 8.42 Å². The predicted octanol–water partition coefficient (Wildman–Crippen LogP) is 1.28. The van der Waals surface area contributed by atoms with Crippen molar-refractivity contribution in [3.05, 3.63) is 49.1 Å². The van der Waals surface area contributed by atoms with Crippen LogP contribution in [-0.2, 0) is 10.0 Å². The smallest absolute Gasteiger partial charge is 0.254 e. The molecule has 1 saturated heterocycles. The van der Waals surface area contributed by atoms with Gasteiger partial charge < -0.3 is 15.1 Å². The Morgan fingerprint density at radius 1 is 1.27 bits per heavy atom. The highest BCUT2D eigenvalue weighted by atomic mass is 32.2. The van der Waals surface area contributed by atoms with E-state index in [0.717, 1.165) is 38.1 Å². The Labute approximate surface area is 155 Å². The van der Waals surface area contributed by atoms with Gasteiger partial charge in [0.2, 0.25) is 10.0 Å². The SMILES string of the molecule is C=CCN(CC=C)C(=O)c1ccc(N2CCNCC2)c(NS(C)(=O)=O)c1. The molecule has 0 saturated carbocycles. The highest BCUT2D eigenvalue weighted by Gasteiger charge is 2.20. The summed E-state index contributed by atoms with van der Waals surface area (Å²) in [6.07, 6.45) is 4.39. The van der Waals surface area contributed by atoms with Crippen molar-refractivity contribution in [2.75, 3.05) is 55.1 Å². The van der Waals surface area contributed by atoms with Crippen LogP contribution in [0.3, 0.4) is 0 Å². The molecular formula is C18H26N4O3S. The molecule has 8 heteroatoms. The van der Waals surface area contributed by atoms with Crippen molar-refractivity contribution in [3.8, 4) is 0 Å². The lowest BCUT2D eigenvalue weighted by Gasteiger charge is -2.31. The van der Waals surface area contributed by atoms with Crippen LogP contribution in [0.5, 0.6) is 0 Å². The second kappa shape index (κ2) is 8.86. The van der Waals surface area contributed by atoms with Gasteiger partial charge in [-0.05, 0) is 18.2 Å². The van der Waals surface area contributed by atoms with E-state index in [2.05, 4.69) is 28.1 Å². The number of nitrogens with zero attached hydrogens (tertiary/aromatic N) is 2. The molecule has 7 nitrogen and oxygen atoms in total. The molecular weight excluding hydrogens is 352 g/mol. The summed E-state index contributed by atoms with van der Waals surface area (Å²) in [5, 5.41) is 3.26.